The van der Waals surface area contributed by atoms with Crippen molar-refractivity contribution in [3.8, 4) is 0 Å². The fraction of sp³-hybridized carbons (Fsp3) is 0.722. The van der Waals surface area contributed by atoms with E-state index in [0.29, 0.717) is 17.9 Å². The highest BCUT2D eigenvalue weighted by Gasteiger charge is 2.40. The largest absolute Gasteiger partial charge is 0.392 e. The van der Waals surface area contributed by atoms with Gasteiger partial charge in [0.05, 0.1) is 11.7 Å². The van der Waals surface area contributed by atoms with Crippen LogP contribution in [0.25, 0.3) is 0 Å². The number of aromatic nitrogens is 1. The van der Waals surface area contributed by atoms with Crippen molar-refractivity contribution in [1.29, 1.82) is 0 Å². The van der Waals surface area contributed by atoms with Crippen LogP contribution in [-0.2, 0) is 0 Å². The molecule has 0 aromatic carbocycles. The molecule has 2 saturated heterocycles. The lowest BCUT2D eigenvalue weighted by molar-refractivity contribution is 0.0298. The van der Waals surface area contributed by atoms with Crippen LogP contribution < -0.4 is 0 Å². The number of amides is 1. The molecule has 5 heteroatoms. The SMILES string of the molecule is O=C(c1cc(C2CC2)[nH]c1C1CC1)N1CC(N2CC[C@@H](O)C2)C1. The molecule has 5 rings (SSSR count). The molecule has 2 aliphatic heterocycles. The number of aliphatic hydroxyl groups excluding tert-OH is 1. The molecule has 1 aromatic heterocycles. The number of hydrogen-bond donors (Lipinski definition) is 2. The van der Waals surface area contributed by atoms with E-state index in [2.05, 4.69) is 16.0 Å². The zero-order valence-corrected chi connectivity index (χ0v) is 13.5. The Bertz CT molecular complexity index is 626. The van der Waals surface area contributed by atoms with Crippen LogP contribution in [0.4, 0.5) is 0 Å². The van der Waals surface area contributed by atoms with Gasteiger partial charge in [0.2, 0.25) is 0 Å². The smallest absolute Gasteiger partial charge is 0.255 e. The molecule has 3 heterocycles. The lowest BCUT2D eigenvalue weighted by Gasteiger charge is -2.44. The molecule has 4 fully saturated rings. The van der Waals surface area contributed by atoms with Crippen LogP contribution in [0.2, 0.25) is 0 Å². The molecule has 2 saturated carbocycles. The van der Waals surface area contributed by atoms with Crippen molar-refractivity contribution < 1.29 is 9.90 Å². The second-order valence-corrected chi connectivity index (χ2v) is 7.90. The third-order valence-corrected chi connectivity index (χ3v) is 5.96. The van der Waals surface area contributed by atoms with Crippen LogP contribution in [0.1, 0.15) is 65.7 Å². The van der Waals surface area contributed by atoms with Gasteiger partial charge in [-0.05, 0) is 50.0 Å². The molecular weight excluding hydrogens is 290 g/mol. The molecular formula is C18H25N3O2. The first-order chi connectivity index (χ1) is 11.2. The van der Waals surface area contributed by atoms with E-state index in [0.717, 1.165) is 38.2 Å². The standard InChI is InChI=1S/C18H25N3O2/c22-14-5-6-20(10-14)13-8-21(9-13)18(23)15-7-16(11-1-2-11)19-17(15)12-3-4-12/h7,11-14,19,22H,1-6,8-10H2/t14-/m1/s1. The second-order valence-electron chi connectivity index (χ2n) is 7.90. The highest BCUT2D eigenvalue weighted by molar-refractivity contribution is 5.96. The summed E-state index contributed by atoms with van der Waals surface area (Å²) in [5.41, 5.74) is 3.43. The van der Waals surface area contributed by atoms with Crippen molar-refractivity contribution >= 4 is 5.91 Å². The van der Waals surface area contributed by atoms with E-state index in [4.69, 9.17) is 0 Å². The van der Waals surface area contributed by atoms with E-state index in [-0.39, 0.29) is 12.0 Å². The second kappa shape index (κ2) is 5.08. The molecule has 0 radical (unpaired) electrons. The zero-order chi connectivity index (χ0) is 15.6. The van der Waals surface area contributed by atoms with E-state index in [1.807, 2.05) is 4.90 Å². The van der Waals surface area contributed by atoms with Crippen LogP contribution in [-0.4, -0.2) is 64.1 Å². The van der Waals surface area contributed by atoms with Gasteiger partial charge in [0.15, 0.2) is 0 Å². The topological polar surface area (TPSA) is 59.6 Å². The average Bonchev–Trinajstić information content (AvgIpc) is 3.42. The van der Waals surface area contributed by atoms with Crippen LogP contribution in [0, 0.1) is 0 Å². The number of β-amino-alcohol motifs (C(OH)–C–C–N with tert-alkyl or cyclic N) is 1. The first-order valence-corrected chi connectivity index (χ1v) is 9.13. The molecule has 0 spiro atoms. The van der Waals surface area contributed by atoms with E-state index in [1.165, 1.54) is 37.1 Å². The van der Waals surface area contributed by atoms with Gasteiger partial charge in [0.25, 0.3) is 5.91 Å². The van der Waals surface area contributed by atoms with Gasteiger partial charge in [-0.1, -0.05) is 0 Å². The number of rotatable bonds is 4. The number of likely N-dealkylation sites (tertiary alicyclic amines) is 2. The maximum absolute atomic E-state index is 12.9. The molecule has 4 aliphatic rings. The fourth-order valence-electron chi connectivity index (χ4n) is 4.10. The Morgan fingerprint density at radius 1 is 1.09 bits per heavy atom. The predicted octanol–water partition coefficient (Wildman–Crippen LogP) is 1.66. The minimum absolute atomic E-state index is 0.174. The van der Waals surface area contributed by atoms with Gasteiger partial charge in [0.1, 0.15) is 0 Å². The van der Waals surface area contributed by atoms with E-state index >= 15 is 0 Å². The number of hydrogen-bond acceptors (Lipinski definition) is 3. The molecule has 1 aromatic rings. The number of H-pyrrole nitrogens is 1. The Kier molecular flexibility index (Phi) is 3.10. The van der Waals surface area contributed by atoms with Crippen LogP contribution >= 0.6 is 0 Å². The molecule has 0 bridgehead atoms. The lowest BCUT2D eigenvalue weighted by Crippen LogP contribution is -2.60. The van der Waals surface area contributed by atoms with Crippen LogP contribution in [0.5, 0.6) is 0 Å². The fourth-order valence-corrected chi connectivity index (χ4v) is 4.10. The minimum Gasteiger partial charge on any atom is -0.392 e. The van der Waals surface area contributed by atoms with Gasteiger partial charge in [-0.25, -0.2) is 0 Å². The van der Waals surface area contributed by atoms with Gasteiger partial charge >= 0.3 is 0 Å². The molecule has 23 heavy (non-hydrogen) atoms. The number of nitrogens with one attached hydrogen (secondary N) is 1. The Labute approximate surface area is 136 Å². The summed E-state index contributed by atoms with van der Waals surface area (Å²) in [6.45, 7) is 3.38. The molecule has 2 aliphatic carbocycles. The van der Waals surface area contributed by atoms with Crippen molar-refractivity contribution in [3.05, 3.63) is 23.0 Å². The van der Waals surface area contributed by atoms with Crippen molar-refractivity contribution in [2.45, 2.75) is 56.1 Å². The molecule has 124 valence electrons. The van der Waals surface area contributed by atoms with Gasteiger partial charge < -0.3 is 15.0 Å². The van der Waals surface area contributed by atoms with Crippen molar-refractivity contribution in [2.24, 2.45) is 0 Å². The summed E-state index contributed by atoms with van der Waals surface area (Å²) in [6.07, 6.45) is 5.67. The molecule has 5 nitrogen and oxygen atoms in total. The first kappa shape index (κ1) is 14.1. The number of carbonyl (C=O) groups excluding carboxylic acids is 1. The maximum atomic E-state index is 12.9. The third-order valence-electron chi connectivity index (χ3n) is 5.96. The number of carbonyl (C=O) groups is 1. The van der Waals surface area contributed by atoms with Crippen molar-refractivity contribution in [3.63, 3.8) is 0 Å². The molecule has 0 unspecified atom stereocenters. The summed E-state index contributed by atoms with van der Waals surface area (Å²) < 4.78 is 0. The highest BCUT2D eigenvalue weighted by Crippen LogP contribution is 2.46. The van der Waals surface area contributed by atoms with E-state index in [1.54, 1.807) is 0 Å². The van der Waals surface area contributed by atoms with Crippen LogP contribution in [0.3, 0.4) is 0 Å². The van der Waals surface area contributed by atoms with E-state index < -0.39 is 0 Å². The Morgan fingerprint density at radius 2 is 1.83 bits per heavy atom. The summed E-state index contributed by atoms with van der Waals surface area (Å²) in [5.74, 6) is 1.47. The monoisotopic (exact) mass is 315 g/mol. The molecule has 1 amide bonds. The van der Waals surface area contributed by atoms with E-state index in [9.17, 15) is 9.90 Å². The predicted molar refractivity (Wildman–Crippen MR) is 86.6 cm³/mol. The zero-order valence-electron chi connectivity index (χ0n) is 13.5. The summed E-state index contributed by atoms with van der Waals surface area (Å²) in [6, 6.07) is 2.59. The minimum atomic E-state index is -0.174. The van der Waals surface area contributed by atoms with Gasteiger partial charge in [-0.3, -0.25) is 9.69 Å². The summed E-state index contributed by atoms with van der Waals surface area (Å²) in [5, 5.41) is 9.66. The lowest BCUT2D eigenvalue weighted by atomic mass is 10.0. The van der Waals surface area contributed by atoms with Crippen molar-refractivity contribution in [2.75, 3.05) is 26.2 Å². The van der Waals surface area contributed by atoms with Crippen molar-refractivity contribution in [1.82, 2.24) is 14.8 Å². The Hall–Kier alpha value is -1.33. The van der Waals surface area contributed by atoms with Crippen LogP contribution in [0.15, 0.2) is 6.07 Å². The summed E-state index contributed by atoms with van der Waals surface area (Å²) in [7, 11) is 0. The number of nitrogens with zero attached hydrogens (tertiary/aromatic N) is 2. The van der Waals surface area contributed by atoms with Gasteiger partial charge in [-0.15, -0.1) is 0 Å². The normalized spacial score (nSPS) is 29.1. The Balaban J connectivity index is 1.28. The summed E-state index contributed by atoms with van der Waals surface area (Å²) in [4.78, 5) is 20.8. The third kappa shape index (κ3) is 2.50. The average molecular weight is 315 g/mol. The summed E-state index contributed by atoms with van der Waals surface area (Å²) >= 11 is 0. The van der Waals surface area contributed by atoms with Gasteiger partial charge in [-0.2, -0.15) is 0 Å². The number of aliphatic hydroxyl groups is 1. The molecule has 2 N–H and O–H groups in total. The molecule has 1 atom stereocenters. The highest BCUT2D eigenvalue weighted by atomic mass is 16.3. The van der Waals surface area contributed by atoms with Gasteiger partial charge in [0, 0.05) is 43.6 Å². The number of aromatic amines is 1. The first-order valence-electron chi connectivity index (χ1n) is 9.13. The quantitative estimate of drug-likeness (QED) is 0.888. The maximum Gasteiger partial charge on any atom is 0.255 e. The Morgan fingerprint density at radius 3 is 2.43 bits per heavy atom.